The molecule has 4 aromatic rings. The highest BCUT2D eigenvalue weighted by molar-refractivity contribution is 7.20. The van der Waals surface area contributed by atoms with E-state index >= 15 is 0 Å². The molecule has 9 heteroatoms. The number of imidazole rings is 1. The van der Waals surface area contributed by atoms with Gasteiger partial charge in [0.1, 0.15) is 22.9 Å². The number of aromatic nitrogens is 4. The Morgan fingerprint density at radius 1 is 1.25 bits per heavy atom. The van der Waals surface area contributed by atoms with Gasteiger partial charge in [-0.3, -0.25) is 14.3 Å². The van der Waals surface area contributed by atoms with E-state index in [1.807, 2.05) is 50.4 Å². The van der Waals surface area contributed by atoms with Gasteiger partial charge in [-0.1, -0.05) is 30.3 Å². The minimum Gasteiger partial charge on any atom is -0.368 e. The predicted octanol–water partition coefficient (Wildman–Crippen LogP) is 2.54. The summed E-state index contributed by atoms with van der Waals surface area (Å²) in [6.45, 7) is 1.83. The van der Waals surface area contributed by atoms with Crippen molar-refractivity contribution in [2.24, 2.45) is 12.8 Å². The van der Waals surface area contributed by atoms with Crippen molar-refractivity contribution in [2.75, 3.05) is 5.32 Å². The van der Waals surface area contributed by atoms with Crippen LogP contribution in [-0.4, -0.2) is 31.1 Å². The molecule has 3 N–H and O–H groups in total. The average molecular weight is 394 g/mol. The number of benzene rings is 1. The zero-order valence-corrected chi connectivity index (χ0v) is 16.2. The zero-order valence-electron chi connectivity index (χ0n) is 15.3. The van der Waals surface area contributed by atoms with Gasteiger partial charge in [-0.2, -0.15) is 5.10 Å². The fraction of sp³-hybridized carbons (Fsp3) is 0.158. The zero-order chi connectivity index (χ0) is 19.8. The lowest BCUT2D eigenvalue weighted by molar-refractivity contribution is -0.118. The van der Waals surface area contributed by atoms with Crippen LogP contribution in [0.2, 0.25) is 0 Å². The molecule has 0 bridgehead atoms. The second-order valence-corrected chi connectivity index (χ2v) is 7.43. The number of hydrogen-bond donors (Lipinski definition) is 2. The summed E-state index contributed by atoms with van der Waals surface area (Å²) in [5, 5.41) is 8.21. The number of fused-ring (bicyclic) bond motifs is 1. The molecule has 0 saturated carbocycles. The average Bonchev–Trinajstić information content (AvgIpc) is 3.33. The van der Waals surface area contributed by atoms with Gasteiger partial charge in [-0.15, -0.1) is 11.3 Å². The monoisotopic (exact) mass is 394 g/mol. The number of rotatable bonds is 5. The number of primary amides is 1. The summed E-state index contributed by atoms with van der Waals surface area (Å²) < 4.78 is 3.31. The first-order chi connectivity index (χ1) is 13.4. The van der Waals surface area contributed by atoms with Gasteiger partial charge in [0.25, 0.3) is 5.91 Å². The van der Waals surface area contributed by atoms with Gasteiger partial charge in [0.05, 0.1) is 16.9 Å². The van der Waals surface area contributed by atoms with E-state index in [-0.39, 0.29) is 12.5 Å². The maximum Gasteiger partial charge on any atom is 0.266 e. The minimum atomic E-state index is -0.518. The molecule has 0 saturated heterocycles. The molecule has 28 heavy (non-hydrogen) atoms. The Hall–Kier alpha value is -3.46. The third-order valence-electron chi connectivity index (χ3n) is 4.36. The molecule has 0 aliphatic rings. The highest BCUT2D eigenvalue weighted by Crippen LogP contribution is 2.30. The largest absolute Gasteiger partial charge is 0.368 e. The Balaban J connectivity index is 1.72. The highest BCUT2D eigenvalue weighted by Gasteiger charge is 2.20. The summed E-state index contributed by atoms with van der Waals surface area (Å²) in [7, 11) is 1.85. The summed E-state index contributed by atoms with van der Waals surface area (Å²) in [5.41, 5.74) is 7.63. The summed E-state index contributed by atoms with van der Waals surface area (Å²) >= 11 is 1.36. The molecule has 0 radical (unpaired) electrons. The van der Waals surface area contributed by atoms with E-state index in [0.717, 1.165) is 21.5 Å². The molecule has 0 atom stereocenters. The second-order valence-electron chi connectivity index (χ2n) is 6.39. The van der Waals surface area contributed by atoms with Crippen LogP contribution in [0, 0.1) is 6.92 Å². The standard InChI is InChI=1S/C19H18N6O2S/c1-11-13-8-14(28-19(13)24(2)23-11)18(27)22-17-16(12-6-4-3-5-7-12)21-10-25(17)9-15(20)26/h3-8,10H,9H2,1-2H3,(H2,20,26)(H,22,27). The molecular formula is C19H18N6O2S. The Morgan fingerprint density at radius 2 is 2.00 bits per heavy atom. The molecule has 3 heterocycles. The van der Waals surface area contributed by atoms with E-state index in [9.17, 15) is 9.59 Å². The smallest absolute Gasteiger partial charge is 0.266 e. The SMILES string of the molecule is Cc1nn(C)c2sc(C(=O)Nc3c(-c4ccccc4)ncn3CC(N)=O)cc12. The van der Waals surface area contributed by atoms with Crippen LogP contribution in [0.4, 0.5) is 5.82 Å². The summed E-state index contributed by atoms with van der Waals surface area (Å²) in [4.78, 5) is 30.2. The van der Waals surface area contributed by atoms with Crippen molar-refractivity contribution in [3.05, 3.63) is 53.3 Å². The first-order valence-electron chi connectivity index (χ1n) is 8.57. The van der Waals surface area contributed by atoms with Gasteiger partial charge < -0.3 is 15.6 Å². The fourth-order valence-corrected chi connectivity index (χ4v) is 4.11. The van der Waals surface area contributed by atoms with Crippen molar-refractivity contribution in [3.8, 4) is 11.3 Å². The summed E-state index contributed by atoms with van der Waals surface area (Å²) in [6, 6.07) is 11.3. The van der Waals surface area contributed by atoms with Crippen LogP contribution in [0.5, 0.6) is 0 Å². The van der Waals surface area contributed by atoms with Crippen LogP contribution in [-0.2, 0) is 18.4 Å². The van der Waals surface area contributed by atoms with Crippen molar-refractivity contribution in [1.29, 1.82) is 0 Å². The number of anilines is 1. The number of amides is 2. The number of aryl methyl sites for hydroxylation is 2. The number of carbonyl (C=O) groups excluding carboxylic acids is 2. The molecule has 142 valence electrons. The number of thiophene rings is 1. The molecule has 2 amide bonds. The van der Waals surface area contributed by atoms with E-state index in [0.29, 0.717) is 16.4 Å². The second kappa shape index (κ2) is 6.93. The summed E-state index contributed by atoms with van der Waals surface area (Å²) in [6.07, 6.45) is 1.50. The molecule has 0 spiro atoms. The van der Waals surface area contributed by atoms with Crippen molar-refractivity contribution < 1.29 is 9.59 Å². The van der Waals surface area contributed by atoms with Crippen LogP contribution in [0.15, 0.2) is 42.7 Å². The molecule has 0 fully saturated rings. The van der Waals surface area contributed by atoms with Crippen LogP contribution in [0.25, 0.3) is 21.5 Å². The van der Waals surface area contributed by atoms with Crippen molar-refractivity contribution in [2.45, 2.75) is 13.5 Å². The molecule has 1 aromatic carbocycles. The lowest BCUT2D eigenvalue weighted by Crippen LogP contribution is -2.21. The van der Waals surface area contributed by atoms with E-state index in [1.165, 1.54) is 17.7 Å². The van der Waals surface area contributed by atoms with Crippen molar-refractivity contribution in [1.82, 2.24) is 19.3 Å². The van der Waals surface area contributed by atoms with Crippen LogP contribution < -0.4 is 11.1 Å². The normalized spacial score (nSPS) is 11.1. The van der Waals surface area contributed by atoms with E-state index in [2.05, 4.69) is 15.4 Å². The van der Waals surface area contributed by atoms with Crippen LogP contribution >= 0.6 is 11.3 Å². The lowest BCUT2D eigenvalue weighted by Gasteiger charge is -2.10. The highest BCUT2D eigenvalue weighted by atomic mass is 32.1. The first-order valence-corrected chi connectivity index (χ1v) is 9.39. The number of hydrogen-bond acceptors (Lipinski definition) is 5. The van der Waals surface area contributed by atoms with E-state index in [4.69, 9.17) is 5.73 Å². The Bertz CT molecular complexity index is 1150. The maximum absolute atomic E-state index is 12.9. The number of nitrogens with one attached hydrogen (secondary N) is 1. The van der Waals surface area contributed by atoms with E-state index < -0.39 is 5.91 Å². The number of carbonyl (C=O) groups is 2. The lowest BCUT2D eigenvalue weighted by atomic mass is 10.1. The Kier molecular flexibility index (Phi) is 4.44. The minimum absolute atomic E-state index is 0.0785. The first kappa shape index (κ1) is 17.9. The van der Waals surface area contributed by atoms with Gasteiger partial charge in [0, 0.05) is 18.0 Å². The van der Waals surface area contributed by atoms with Gasteiger partial charge >= 0.3 is 0 Å². The molecule has 0 unspecified atom stereocenters. The van der Waals surface area contributed by atoms with Gasteiger partial charge in [0.2, 0.25) is 5.91 Å². The fourth-order valence-electron chi connectivity index (χ4n) is 3.09. The van der Waals surface area contributed by atoms with E-state index in [1.54, 1.807) is 9.25 Å². The quantitative estimate of drug-likeness (QED) is 0.542. The van der Waals surface area contributed by atoms with Gasteiger partial charge in [0.15, 0.2) is 0 Å². The van der Waals surface area contributed by atoms with Crippen LogP contribution in [0.1, 0.15) is 15.4 Å². The summed E-state index contributed by atoms with van der Waals surface area (Å²) in [5.74, 6) is -0.359. The molecule has 4 rings (SSSR count). The third kappa shape index (κ3) is 3.16. The molecule has 0 aliphatic carbocycles. The topological polar surface area (TPSA) is 108 Å². The predicted molar refractivity (Wildman–Crippen MR) is 108 cm³/mol. The van der Waals surface area contributed by atoms with Crippen molar-refractivity contribution in [3.63, 3.8) is 0 Å². The third-order valence-corrected chi connectivity index (χ3v) is 5.56. The van der Waals surface area contributed by atoms with Gasteiger partial charge in [-0.05, 0) is 13.0 Å². The Morgan fingerprint density at radius 3 is 2.68 bits per heavy atom. The number of nitrogens with two attached hydrogens (primary N) is 1. The molecule has 3 aromatic heterocycles. The molecule has 0 aliphatic heterocycles. The Labute approximate surface area is 164 Å². The van der Waals surface area contributed by atoms with Crippen LogP contribution in [0.3, 0.4) is 0 Å². The maximum atomic E-state index is 12.9. The van der Waals surface area contributed by atoms with Crippen molar-refractivity contribution >= 4 is 39.2 Å². The van der Waals surface area contributed by atoms with Gasteiger partial charge in [-0.25, -0.2) is 4.98 Å². The number of nitrogens with zero attached hydrogens (tertiary/aromatic N) is 4. The molecule has 8 nitrogen and oxygen atoms in total. The molecular weight excluding hydrogens is 376 g/mol.